The van der Waals surface area contributed by atoms with Crippen LogP contribution in [0.2, 0.25) is 0 Å². The fourth-order valence-corrected chi connectivity index (χ4v) is 2.61. The molecule has 0 aromatic heterocycles. The number of rotatable bonds is 5. The van der Waals surface area contributed by atoms with Crippen LogP contribution in [0, 0.1) is 0 Å². The highest BCUT2D eigenvalue weighted by atomic mass is 16.5. The van der Waals surface area contributed by atoms with Crippen LogP contribution in [0.3, 0.4) is 0 Å². The van der Waals surface area contributed by atoms with Crippen LogP contribution in [-0.2, 0) is 16.1 Å². The zero-order valence-electron chi connectivity index (χ0n) is 14.0. The SMILES string of the molecule is C[C@@H](OC(=O)c1ccc2c(c1)C(=O)N(Cc1ccccc1)C2=O)C(N)=O. The molecule has 0 radical (unpaired) electrons. The van der Waals surface area contributed by atoms with Crippen molar-refractivity contribution in [3.8, 4) is 0 Å². The first-order valence-electron chi connectivity index (χ1n) is 7.93. The Hall–Kier alpha value is -3.48. The minimum Gasteiger partial charge on any atom is -0.449 e. The van der Waals surface area contributed by atoms with Crippen molar-refractivity contribution < 1.29 is 23.9 Å². The molecule has 132 valence electrons. The number of amides is 3. The van der Waals surface area contributed by atoms with Crippen molar-refractivity contribution in [3.05, 3.63) is 70.8 Å². The van der Waals surface area contributed by atoms with E-state index in [1.165, 1.54) is 25.1 Å². The molecule has 2 aromatic rings. The topological polar surface area (TPSA) is 107 Å². The molecule has 2 N–H and O–H groups in total. The Balaban J connectivity index is 1.83. The summed E-state index contributed by atoms with van der Waals surface area (Å²) in [7, 11) is 0. The molecule has 0 unspecified atom stereocenters. The van der Waals surface area contributed by atoms with Crippen molar-refractivity contribution in [2.45, 2.75) is 19.6 Å². The highest BCUT2D eigenvalue weighted by molar-refractivity contribution is 6.21. The zero-order valence-corrected chi connectivity index (χ0v) is 14.0. The largest absolute Gasteiger partial charge is 0.449 e. The molecule has 1 aliphatic rings. The van der Waals surface area contributed by atoms with Crippen LogP contribution in [-0.4, -0.2) is 34.7 Å². The summed E-state index contributed by atoms with van der Waals surface area (Å²) in [5.41, 5.74) is 6.31. The van der Waals surface area contributed by atoms with Crippen LogP contribution in [0.5, 0.6) is 0 Å². The van der Waals surface area contributed by atoms with Crippen LogP contribution < -0.4 is 5.73 Å². The third kappa shape index (κ3) is 3.19. The molecular weight excluding hydrogens is 336 g/mol. The molecule has 1 atom stereocenters. The lowest BCUT2D eigenvalue weighted by Gasteiger charge is -2.13. The Morgan fingerprint density at radius 2 is 1.69 bits per heavy atom. The number of ether oxygens (including phenoxy) is 1. The summed E-state index contributed by atoms with van der Waals surface area (Å²) in [4.78, 5) is 49.3. The molecule has 2 aromatic carbocycles. The van der Waals surface area contributed by atoms with E-state index in [1.54, 1.807) is 0 Å². The summed E-state index contributed by atoms with van der Waals surface area (Å²) in [6.45, 7) is 1.50. The second-order valence-corrected chi connectivity index (χ2v) is 5.89. The lowest BCUT2D eigenvalue weighted by atomic mass is 10.1. The summed E-state index contributed by atoms with van der Waals surface area (Å²) >= 11 is 0. The number of fused-ring (bicyclic) bond motifs is 1. The number of hydrogen-bond acceptors (Lipinski definition) is 5. The summed E-state index contributed by atoms with van der Waals surface area (Å²) in [5.74, 6) is -2.47. The van der Waals surface area contributed by atoms with E-state index in [2.05, 4.69) is 0 Å². The lowest BCUT2D eigenvalue weighted by molar-refractivity contribution is -0.125. The van der Waals surface area contributed by atoms with E-state index in [0.29, 0.717) is 0 Å². The minimum atomic E-state index is -1.09. The first-order valence-corrected chi connectivity index (χ1v) is 7.93. The summed E-state index contributed by atoms with van der Waals surface area (Å²) in [6, 6.07) is 13.2. The summed E-state index contributed by atoms with van der Waals surface area (Å²) < 4.78 is 4.92. The van der Waals surface area contributed by atoms with Gasteiger partial charge in [0, 0.05) is 0 Å². The number of hydrogen-bond donors (Lipinski definition) is 1. The molecular formula is C19H16N2O5. The zero-order chi connectivity index (χ0) is 18.8. The number of nitrogens with two attached hydrogens (primary N) is 1. The molecule has 3 amide bonds. The van der Waals surface area contributed by atoms with Crippen LogP contribution in [0.25, 0.3) is 0 Å². The van der Waals surface area contributed by atoms with Crippen LogP contribution in [0.1, 0.15) is 43.6 Å². The second-order valence-electron chi connectivity index (χ2n) is 5.89. The van der Waals surface area contributed by atoms with Gasteiger partial charge in [0.15, 0.2) is 6.10 Å². The van der Waals surface area contributed by atoms with Crippen LogP contribution in [0.4, 0.5) is 0 Å². The Morgan fingerprint density at radius 1 is 1.04 bits per heavy atom. The molecule has 0 spiro atoms. The summed E-state index contributed by atoms with van der Waals surface area (Å²) in [6.07, 6.45) is -1.09. The Labute approximate surface area is 149 Å². The molecule has 7 heteroatoms. The fraction of sp³-hybridized carbons (Fsp3) is 0.158. The number of carbonyl (C=O) groups excluding carboxylic acids is 4. The van der Waals surface area contributed by atoms with Crippen LogP contribution in [0.15, 0.2) is 48.5 Å². The molecule has 26 heavy (non-hydrogen) atoms. The van der Waals surface area contributed by atoms with Crippen LogP contribution >= 0.6 is 0 Å². The molecule has 3 rings (SSSR count). The van der Waals surface area contributed by atoms with Gasteiger partial charge >= 0.3 is 5.97 Å². The molecule has 0 saturated carbocycles. The predicted molar refractivity (Wildman–Crippen MR) is 91.2 cm³/mol. The van der Waals surface area contributed by atoms with E-state index in [0.717, 1.165) is 10.5 Å². The molecule has 0 bridgehead atoms. The van der Waals surface area contributed by atoms with Gasteiger partial charge in [-0.15, -0.1) is 0 Å². The van der Waals surface area contributed by atoms with Crippen molar-refractivity contribution >= 4 is 23.7 Å². The smallest absolute Gasteiger partial charge is 0.338 e. The van der Waals surface area contributed by atoms with Crippen molar-refractivity contribution in [2.24, 2.45) is 5.73 Å². The van der Waals surface area contributed by atoms with Gasteiger partial charge in [0.1, 0.15) is 0 Å². The highest BCUT2D eigenvalue weighted by Gasteiger charge is 2.36. The average molecular weight is 352 g/mol. The highest BCUT2D eigenvalue weighted by Crippen LogP contribution is 2.26. The maximum atomic E-state index is 12.6. The van der Waals surface area contributed by atoms with Gasteiger partial charge in [-0.05, 0) is 30.7 Å². The number of nitrogens with zero attached hydrogens (tertiary/aromatic N) is 1. The minimum absolute atomic E-state index is 0.0690. The van der Waals surface area contributed by atoms with Gasteiger partial charge in [-0.25, -0.2) is 4.79 Å². The first-order chi connectivity index (χ1) is 12.4. The average Bonchev–Trinajstić information content (AvgIpc) is 2.87. The van der Waals surface area contributed by atoms with Gasteiger partial charge < -0.3 is 10.5 Å². The maximum Gasteiger partial charge on any atom is 0.338 e. The Kier molecular flexibility index (Phi) is 4.53. The van der Waals surface area contributed by atoms with Crippen molar-refractivity contribution in [1.29, 1.82) is 0 Å². The molecule has 0 aliphatic carbocycles. The monoisotopic (exact) mass is 352 g/mol. The van der Waals surface area contributed by atoms with E-state index in [4.69, 9.17) is 10.5 Å². The van der Waals surface area contributed by atoms with E-state index in [9.17, 15) is 19.2 Å². The number of esters is 1. The van der Waals surface area contributed by atoms with E-state index >= 15 is 0 Å². The van der Waals surface area contributed by atoms with E-state index in [1.807, 2.05) is 30.3 Å². The third-order valence-corrected chi connectivity index (χ3v) is 4.07. The third-order valence-electron chi connectivity index (χ3n) is 4.07. The molecule has 0 fully saturated rings. The number of imide groups is 1. The maximum absolute atomic E-state index is 12.6. The van der Waals surface area contributed by atoms with Crippen molar-refractivity contribution in [2.75, 3.05) is 0 Å². The van der Waals surface area contributed by atoms with Gasteiger partial charge in [-0.1, -0.05) is 30.3 Å². The van der Waals surface area contributed by atoms with Crippen molar-refractivity contribution in [3.63, 3.8) is 0 Å². The standard InChI is InChI=1S/C19H16N2O5/c1-11(16(20)22)26-19(25)13-7-8-14-15(9-13)18(24)21(17(14)23)10-12-5-3-2-4-6-12/h2-9,11H,10H2,1H3,(H2,20,22)/t11-/m1/s1. The second kappa shape index (κ2) is 6.79. The Bertz CT molecular complexity index is 907. The Morgan fingerprint density at radius 3 is 2.35 bits per heavy atom. The van der Waals surface area contributed by atoms with Crippen molar-refractivity contribution in [1.82, 2.24) is 4.90 Å². The van der Waals surface area contributed by atoms with Gasteiger partial charge in [0.05, 0.1) is 23.2 Å². The van der Waals surface area contributed by atoms with Gasteiger partial charge in [0.2, 0.25) is 0 Å². The number of carbonyl (C=O) groups is 4. The lowest BCUT2D eigenvalue weighted by Crippen LogP contribution is -2.30. The van der Waals surface area contributed by atoms with Gasteiger partial charge in [0.25, 0.3) is 17.7 Å². The van der Waals surface area contributed by atoms with Gasteiger partial charge in [-0.3, -0.25) is 19.3 Å². The molecule has 1 aliphatic heterocycles. The molecule has 0 saturated heterocycles. The summed E-state index contributed by atoms with van der Waals surface area (Å²) in [5, 5.41) is 0. The first kappa shape index (κ1) is 17.3. The van der Waals surface area contributed by atoms with E-state index < -0.39 is 29.8 Å². The molecule has 1 heterocycles. The molecule has 7 nitrogen and oxygen atoms in total. The number of primary amides is 1. The normalized spacial score (nSPS) is 14.1. The fourth-order valence-electron chi connectivity index (χ4n) is 2.61. The predicted octanol–water partition coefficient (Wildman–Crippen LogP) is 1.51. The number of benzene rings is 2. The van der Waals surface area contributed by atoms with E-state index in [-0.39, 0.29) is 23.2 Å². The quantitative estimate of drug-likeness (QED) is 0.648. The van der Waals surface area contributed by atoms with Gasteiger partial charge in [-0.2, -0.15) is 0 Å².